The molecule has 0 aromatic carbocycles. The molecule has 10 nitrogen and oxygen atoms in total. The monoisotopic (exact) mass is 466 g/mol. The molecule has 10 heteroatoms. The van der Waals surface area contributed by atoms with Crippen molar-refractivity contribution in [2.75, 3.05) is 13.1 Å². The lowest BCUT2D eigenvalue weighted by Gasteiger charge is -2.15. The molecule has 0 unspecified atom stereocenters. The van der Waals surface area contributed by atoms with Crippen molar-refractivity contribution in [3.63, 3.8) is 0 Å². The van der Waals surface area contributed by atoms with Crippen LogP contribution in [0, 0.1) is 0 Å². The third-order valence-corrected chi connectivity index (χ3v) is 4.85. The van der Waals surface area contributed by atoms with Crippen molar-refractivity contribution < 1.29 is 29.1 Å². The zero-order chi connectivity index (χ0) is 25.4. The molecule has 0 fully saturated rings. The predicted octanol–water partition coefficient (Wildman–Crippen LogP) is 0.958. The maximum atomic E-state index is 12.1. The number of carbonyl (C=O) groups is 5. The summed E-state index contributed by atoms with van der Waals surface area (Å²) in [7, 11) is 0. The van der Waals surface area contributed by atoms with Crippen LogP contribution in [0.1, 0.15) is 65.2 Å². The fourth-order valence-corrected chi connectivity index (χ4v) is 2.78. The van der Waals surface area contributed by atoms with Crippen LogP contribution in [-0.4, -0.2) is 59.8 Å². The highest BCUT2D eigenvalue weighted by atomic mass is 16.4. The van der Waals surface area contributed by atoms with Crippen LogP contribution < -0.4 is 21.7 Å². The molecule has 3 amide bonds. The van der Waals surface area contributed by atoms with E-state index in [1.165, 1.54) is 0 Å². The molecule has 0 radical (unpaired) electrons. The minimum absolute atomic E-state index is 0.0708. The molecule has 0 aliphatic rings. The number of amides is 3. The average Bonchev–Trinajstić information content (AvgIpc) is 2.75. The van der Waals surface area contributed by atoms with Gasteiger partial charge in [-0.2, -0.15) is 0 Å². The molecule has 0 aromatic heterocycles. The van der Waals surface area contributed by atoms with E-state index >= 15 is 0 Å². The van der Waals surface area contributed by atoms with Crippen molar-refractivity contribution in [1.29, 1.82) is 0 Å². The fourth-order valence-electron chi connectivity index (χ4n) is 2.78. The second kappa shape index (κ2) is 16.6. The Hall–Kier alpha value is -3.01. The first-order valence-electron chi connectivity index (χ1n) is 11.1. The molecular formula is C23H38N4O6. The van der Waals surface area contributed by atoms with Gasteiger partial charge in [0.2, 0.25) is 17.7 Å². The third-order valence-electron chi connectivity index (χ3n) is 4.85. The van der Waals surface area contributed by atoms with Gasteiger partial charge in [-0.15, -0.1) is 0 Å². The van der Waals surface area contributed by atoms with Gasteiger partial charge in [0.1, 0.15) is 11.8 Å². The van der Waals surface area contributed by atoms with Crippen molar-refractivity contribution in [1.82, 2.24) is 16.0 Å². The van der Waals surface area contributed by atoms with Gasteiger partial charge in [0.15, 0.2) is 0 Å². The van der Waals surface area contributed by atoms with Crippen molar-refractivity contribution in [2.45, 2.75) is 77.3 Å². The van der Waals surface area contributed by atoms with E-state index in [9.17, 15) is 29.1 Å². The van der Waals surface area contributed by atoms with Crippen LogP contribution in [0.5, 0.6) is 0 Å². The highest BCUT2D eigenvalue weighted by molar-refractivity contribution is 5.92. The number of carboxylic acid groups (broad SMARTS) is 1. The molecule has 0 aliphatic carbocycles. The Labute approximate surface area is 195 Å². The maximum Gasteiger partial charge on any atom is 0.326 e. The van der Waals surface area contributed by atoms with Crippen molar-refractivity contribution in [2.24, 2.45) is 5.73 Å². The van der Waals surface area contributed by atoms with E-state index in [0.29, 0.717) is 56.3 Å². The van der Waals surface area contributed by atoms with Gasteiger partial charge in [-0.05, 0) is 52.4 Å². The normalized spacial score (nSPS) is 12.2. The van der Waals surface area contributed by atoms with E-state index in [-0.39, 0.29) is 36.9 Å². The molecule has 0 saturated carbocycles. The van der Waals surface area contributed by atoms with Crippen LogP contribution in [-0.2, 0) is 24.0 Å². The highest BCUT2D eigenvalue weighted by Gasteiger charge is 2.21. The first-order chi connectivity index (χ1) is 15.5. The number of unbranched alkanes of at least 4 members (excludes halogenated alkanes) is 2. The van der Waals surface area contributed by atoms with Gasteiger partial charge < -0.3 is 26.8 Å². The molecular weight excluding hydrogens is 428 g/mol. The lowest BCUT2D eigenvalue weighted by molar-refractivity contribution is -0.142. The number of carbonyl (C=O) groups excluding carboxylic acids is 4. The van der Waals surface area contributed by atoms with Gasteiger partial charge >= 0.3 is 5.97 Å². The smallest absolute Gasteiger partial charge is 0.326 e. The largest absolute Gasteiger partial charge is 0.480 e. The summed E-state index contributed by atoms with van der Waals surface area (Å²) in [5.41, 5.74) is 6.69. The van der Waals surface area contributed by atoms with Crippen LogP contribution in [0.25, 0.3) is 0 Å². The predicted molar refractivity (Wildman–Crippen MR) is 125 cm³/mol. The quantitative estimate of drug-likeness (QED) is 0.148. The summed E-state index contributed by atoms with van der Waals surface area (Å²) in [6.07, 6.45) is 2.79. The molecule has 33 heavy (non-hydrogen) atoms. The standard InChI is InChI=1S/C23H38N4O6/c1-15(2)21(30)25-13-7-5-9-17(24)19(28)11-12-20(29)27-18(23(32)33)10-6-8-14-26-22(31)16(3)4/h17-18H,1,3,5-14,24H2,2,4H3,(H,25,30)(H,26,31)(H,27,29)(H,32,33)/t17-,18-/m1/s1. The summed E-state index contributed by atoms with van der Waals surface area (Å²) in [6.45, 7) is 11.1. The summed E-state index contributed by atoms with van der Waals surface area (Å²) < 4.78 is 0. The van der Waals surface area contributed by atoms with Crippen LogP contribution in [0.3, 0.4) is 0 Å². The maximum absolute atomic E-state index is 12.1. The van der Waals surface area contributed by atoms with E-state index < -0.39 is 24.0 Å². The Morgan fingerprint density at radius 3 is 1.76 bits per heavy atom. The average molecular weight is 467 g/mol. The summed E-state index contributed by atoms with van der Waals surface area (Å²) in [4.78, 5) is 58.3. The van der Waals surface area contributed by atoms with Crippen LogP contribution >= 0.6 is 0 Å². The number of hydrogen-bond donors (Lipinski definition) is 5. The molecule has 186 valence electrons. The first-order valence-corrected chi connectivity index (χ1v) is 11.1. The van der Waals surface area contributed by atoms with Gasteiger partial charge in [-0.1, -0.05) is 13.2 Å². The number of Topliss-reactive ketones (excluding diaryl/α,β-unsaturated/α-hetero) is 1. The lowest BCUT2D eigenvalue weighted by atomic mass is 10.0. The Morgan fingerprint density at radius 1 is 0.818 bits per heavy atom. The third kappa shape index (κ3) is 14.6. The van der Waals surface area contributed by atoms with Crippen molar-refractivity contribution in [3.05, 3.63) is 24.3 Å². The summed E-state index contributed by atoms with van der Waals surface area (Å²) in [6, 6.07) is -1.77. The number of nitrogens with one attached hydrogen (secondary N) is 3. The van der Waals surface area contributed by atoms with Gasteiger partial charge in [-0.3, -0.25) is 19.2 Å². The molecule has 0 saturated heterocycles. The molecule has 0 heterocycles. The highest BCUT2D eigenvalue weighted by Crippen LogP contribution is 2.06. The number of hydrogen-bond acceptors (Lipinski definition) is 6. The lowest BCUT2D eigenvalue weighted by Crippen LogP contribution is -2.41. The van der Waals surface area contributed by atoms with Crippen LogP contribution in [0.2, 0.25) is 0 Å². The molecule has 0 spiro atoms. The summed E-state index contributed by atoms with van der Waals surface area (Å²) >= 11 is 0. The second-order valence-corrected chi connectivity index (χ2v) is 8.10. The van der Waals surface area contributed by atoms with Gasteiger partial charge in [0, 0.05) is 37.1 Å². The number of nitrogens with two attached hydrogens (primary N) is 1. The summed E-state index contributed by atoms with van der Waals surface area (Å²) in [5.74, 6) is -2.42. The molecule has 0 rings (SSSR count). The Kier molecular flexibility index (Phi) is 15.1. The van der Waals surface area contributed by atoms with E-state index in [4.69, 9.17) is 5.73 Å². The topological polar surface area (TPSA) is 168 Å². The van der Waals surface area contributed by atoms with E-state index in [1.807, 2.05) is 0 Å². The molecule has 0 bridgehead atoms. The number of aliphatic carboxylic acids is 1. The van der Waals surface area contributed by atoms with Crippen molar-refractivity contribution in [3.8, 4) is 0 Å². The van der Waals surface area contributed by atoms with Crippen LogP contribution in [0.15, 0.2) is 24.3 Å². The molecule has 0 aromatic rings. The SMILES string of the molecule is C=C(C)C(=O)NCCCC[C@@H](N)C(=O)CCC(=O)N[C@H](CCCCNC(=O)C(=C)C)C(=O)O. The first kappa shape index (κ1) is 30.0. The Balaban J connectivity index is 4.14. The molecule has 0 aliphatic heterocycles. The van der Waals surface area contributed by atoms with E-state index in [2.05, 4.69) is 29.1 Å². The van der Waals surface area contributed by atoms with Gasteiger partial charge in [-0.25, -0.2) is 4.79 Å². The van der Waals surface area contributed by atoms with Crippen LogP contribution in [0.4, 0.5) is 0 Å². The number of rotatable bonds is 18. The molecule has 6 N–H and O–H groups in total. The van der Waals surface area contributed by atoms with Gasteiger partial charge in [0.25, 0.3) is 0 Å². The summed E-state index contributed by atoms with van der Waals surface area (Å²) in [5, 5.41) is 17.1. The second-order valence-electron chi connectivity index (χ2n) is 8.10. The number of carboxylic acids is 1. The minimum atomic E-state index is -1.16. The van der Waals surface area contributed by atoms with Gasteiger partial charge in [0.05, 0.1) is 6.04 Å². The zero-order valence-corrected chi connectivity index (χ0v) is 19.7. The number of ketones is 1. The van der Waals surface area contributed by atoms with Crippen molar-refractivity contribution >= 4 is 29.5 Å². The Bertz CT molecular complexity index is 734. The fraction of sp³-hybridized carbons (Fsp3) is 0.609. The van der Waals surface area contributed by atoms with E-state index in [1.54, 1.807) is 13.8 Å². The Morgan fingerprint density at radius 2 is 1.30 bits per heavy atom. The zero-order valence-electron chi connectivity index (χ0n) is 19.7. The van der Waals surface area contributed by atoms with E-state index in [0.717, 1.165) is 0 Å². The minimum Gasteiger partial charge on any atom is -0.480 e. The molecule has 2 atom stereocenters.